The van der Waals surface area contributed by atoms with Crippen LogP contribution in [0.4, 0.5) is 5.69 Å². The van der Waals surface area contributed by atoms with E-state index in [9.17, 15) is 4.79 Å². The molecule has 0 aliphatic carbocycles. The Labute approximate surface area is 180 Å². The van der Waals surface area contributed by atoms with Crippen LogP contribution in [0.25, 0.3) is 11.4 Å². The Bertz CT molecular complexity index is 1120. The number of thioether (sulfide) groups is 1. The zero-order chi connectivity index (χ0) is 20.8. The van der Waals surface area contributed by atoms with Crippen LogP contribution in [0.5, 0.6) is 0 Å². The van der Waals surface area contributed by atoms with E-state index >= 15 is 0 Å². The van der Waals surface area contributed by atoms with Gasteiger partial charge in [-0.1, -0.05) is 90.1 Å². The molecule has 0 saturated carbocycles. The second-order valence-corrected chi connectivity index (χ2v) is 7.93. The summed E-state index contributed by atoms with van der Waals surface area (Å²) in [5, 5.41) is 10.7. The van der Waals surface area contributed by atoms with Gasteiger partial charge >= 0.3 is 0 Å². The van der Waals surface area contributed by atoms with Crippen LogP contribution in [-0.2, 0) is 11.2 Å². The topological polar surface area (TPSA) is 70.7 Å². The van der Waals surface area contributed by atoms with Crippen molar-refractivity contribution in [3.05, 3.63) is 95.6 Å². The summed E-state index contributed by atoms with van der Waals surface area (Å²) in [6.45, 7) is 2.04. The van der Waals surface area contributed by atoms with E-state index in [0.717, 1.165) is 23.2 Å². The molecule has 0 saturated heterocycles. The van der Waals surface area contributed by atoms with Crippen molar-refractivity contribution in [2.24, 2.45) is 0 Å². The summed E-state index contributed by atoms with van der Waals surface area (Å²) in [6, 6.07) is 26.2. The van der Waals surface area contributed by atoms with Crippen molar-refractivity contribution in [2.75, 3.05) is 11.1 Å². The van der Waals surface area contributed by atoms with Crippen LogP contribution >= 0.6 is 11.8 Å². The number of nitrogens with one attached hydrogen (secondary N) is 2. The molecule has 1 aromatic heterocycles. The van der Waals surface area contributed by atoms with Crippen LogP contribution < -0.4 is 5.32 Å². The Morgan fingerprint density at radius 3 is 2.50 bits per heavy atom. The van der Waals surface area contributed by atoms with Gasteiger partial charge < -0.3 is 5.32 Å². The maximum atomic E-state index is 12.5. The van der Waals surface area contributed by atoms with Gasteiger partial charge in [-0.3, -0.25) is 9.89 Å². The molecule has 0 atom stereocenters. The van der Waals surface area contributed by atoms with E-state index in [1.54, 1.807) is 0 Å². The van der Waals surface area contributed by atoms with E-state index in [0.29, 0.717) is 11.0 Å². The fraction of sp³-hybridized carbons (Fsp3) is 0.125. The minimum Gasteiger partial charge on any atom is -0.325 e. The van der Waals surface area contributed by atoms with Crippen LogP contribution in [0.1, 0.15) is 16.7 Å². The lowest BCUT2D eigenvalue weighted by atomic mass is 10.0. The zero-order valence-electron chi connectivity index (χ0n) is 16.6. The first-order valence-electron chi connectivity index (χ1n) is 9.71. The molecule has 0 spiro atoms. The molecule has 4 aromatic rings. The number of carbonyl (C=O) groups is 1. The van der Waals surface area contributed by atoms with Gasteiger partial charge in [0.25, 0.3) is 0 Å². The molecule has 1 heterocycles. The first-order chi connectivity index (χ1) is 14.7. The van der Waals surface area contributed by atoms with Gasteiger partial charge in [-0.15, -0.1) is 5.10 Å². The Kier molecular flexibility index (Phi) is 6.25. The second-order valence-electron chi connectivity index (χ2n) is 6.99. The molecule has 0 aliphatic heterocycles. The maximum Gasteiger partial charge on any atom is 0.234 e. The van der Waals surface area contributed by atoms with Crippen LogP contribution in [0.2, 0.25) is 0 Å². The van der Waals surface area contributed by atoms with E-state index in [1.807, 2.05) is 73.7 Å². The predicted octanol–water partition coefficient (Wildman–Crippen LogP) is 5.10. The fourth-order valence-electron chi connectivity index (χ4n) is 3.08. The number of H-pyrrole nitrogens is 1. The molecule has 6 heteroatoms. The van der Waals surface area contributed by atoms with Crippen molar-refractivity contribution >= 4 is 23.4 Å². The third-order valence-corrected chi connectivity index (χ3v) is 5.50. The SMILES string of the molecule is Cc1ccc(-c2nc(SCC(=O)Nc3ccccc3Cc3ccccc3)n[nH]2)cc1. The van der Waals surface area contributed by atoms with E-state index in [1.165, 1.54) is 22.9 Å². The summed E-state index contributed by atoms with van der Waals surface area (Å²) in [6.07, 6.45) is 0.769. The van der Waals surface area contributed by atoms with Crippen molar-refractivity contribution in [2.45, 2.75) is 18.5 Å². The number of amides is 1. The minimum atomic E-state index is -0.0813. The Morgan fingerprint density at radius 1 is 0.967 bits per heavy atom. The largest absolute Gasteiger partial charge is 0.325 e. The van der Waals surface area contributed by atoms with Crippen LogP contribution in [0, 0.1) is 6.92 Å². The Morgan fingerprint density at radius 2 is 1.70 bits per heavy atom. The van der Waals surface area contributed by atoms with Gasteiger partial charge in [0, 0.05) is 11.3 Å². The smallest absolute Gasteiger partial charge is 0.234 e. The number of hydrogen-bond donors (Lipinski definition) is 2. The molecule has 1 amide bonds. The van der Waals surface area contributed by atoms with Crippen molar-refractivity contribution in [3.63, 3.8) is 0 Å². The standard InChI is InChI=1S/C24H22N4OS/c1-17-11-13-19(14-12-17)23-26-24(28-27-23)30-16-22(29)25-21-10-6-5-9-20(21)15-18-7-3-2-4-8-18/h2-14H,15-16H2,1H3,(H,25,29)(H,26,27,28). The van der Waals surface area contributed by atoms with Gasteiger partial charge in [0.15, 0.2) is 5.82 Å². The lowest BCUT2D eigenvalue weighted by Gasteiger charge is -2.11. The highest BCUT2D eigenvalue weighted by Crippen LogP contribution is 2.22. The molecular formula is C24H22N4OS. The van der Waals surface area contributed by atoms with Crippen molar-refractivity contribution in [1.29, 1.82) is 0 Å². The van der Waals surface area contributed by atoms with E-state index in [-0.39, 0.29) is 11.7 Å². The molecular weight excluding hydrogens is 392 g/mol. The monoisotopic (exact) mass is 414 g/mol. The highest BCUT2D eigenvalue weighted by Gasteiger charge is 2.11. The zero-order valence-corrected chi connectivity index (χ0v) is 17.4. The molecule has 3 aromatic carbocycles. The number of anilines is 1. The van der Waals surface area contributed by atoms with Crippen molar-refractivity contribution < 1.29 is 4.79 Å². The molecule has 2 N–H and O–H groups in total. The molecule has 0 unspecified atom stereocenters. The summed E-state index contributed by atoms with van der Waals surface area (Å²) < 4.78 is 0. The third kappa shape index (κ3) is 5.15. The van der Waals surface area contributed by atoms with Crippen LogP contribution in [-0.4, -0.2) is 26.8 Å². The lowest BCUT2D eigenvalue weighted by Crippen LogP contribution is -2.15. The Hall–Kier alpha value is -3.38. The van der Waals surface area contributed by atoms with Gasteiger partial charge in [0.2, 0.25) is 11.1 Å². The number of aromatic amines is 1. The second kappa shape index (κ2) is 9.41. The van der Waals surface area contributed by atoms with Crippen LogP contribution in [0.3, 0.4) is 0 Å². The predicted molar refractivity (Wildman–Crippen MR) is 122 cm³/mol. The summed E-state index contributed by atoms with van der Waals surface area (Å²) in [5.74, 6) is 0.860. The third-order valence-electron chi connectivity index (χ3n) is 4.65. The molecule has 0 radical (unpaired) electrons. The summed E-state index contributed by atoms with van der Waals surface area (Å²) >= 11 is 1.31. The maximum absolute atomic E-state index is 12.5. The average Bonchev–Trinajstić information content (AvgIpc) is 3.24. The number of aryl methyl sites for hydroxylation is 1. The first kappa shape index (κ1) is 19.9. The van der Waals surface area contributed by atoms with Crippen molar-refractivity contribution in [1.82, 2.24) is 15.2 Å². The van der Waals surface area contributed by atoms with Gasteiger partial charge in [-0.25, -0.2) is 4.98 Å². The average molecular weight is 415 g/mol. The number of aromatic nitrogens is 3. The van der Waals surface area contributed by atoms with E-state index in [2.05, 4.69) is 32.6 Å². The molecule has 0 bridgehead atoms. The normalized spacial score (nSPS) is 10.7. The number of rotatable bonds is 7. The lowest BCUT2D eigenvalue weighted by molar-refractivity contribution is -0.113. The molecule has 4 rings (SSSR count). The van der Waals surface area contributed by atoms with Gasteiger partial charge in [0.1, 0.15) is 0 Å². The number of hydrogen-bond acceptors (Lipinski definition) is 4. The molecule has 5 nitrogen and oxygen atoms in total. The number of carbonyl (C=O) groups excluding carboxylic acids is 1. The summed E-state index contributed by atoms with van der Waals surface area (Å²) in [7, 11) is 0. The van der Waals surface area contributed by atoms with Gasteiger partial charge in [-0.05, 0) is 30.5 Å². The first-order valence-corrected chi connectivity index (χ1v) is 10.7. The Balaban J connectivity index is 1.36. The van der Waals surface area contributed by atoms with Crippen LogP contribution in [0.15, 0.2) is 84.0 Å². The van der Waals surface area contributed by atoms with Crippen molar-refractivity contribution in [3.8, 4) is 11.4 Å². The highest BCUT2D eigenvalue weighted by atomic mass is 32.2. The molecule has 150 valence electrons. The molecule has 0 fully saturated rings. The fourth-order valence-corrected chi connectivity index (χ4v) is 3.68. The van der Waals surface area contributed by atoms with Gasteiger partial charge in [-0.2, -0.15) is 0 Å². The molecule has 30 heavy (non-hydrogen) atoms. The van der Waals surface area contributed by atoms with E-state index in [4.69, 9.17) is 0 Å². The quantitative estimate of drug-likeness (QED) is 0.413. The van der Waals surface area contributed by atoms with E-state index < -0.39 is 0 Å². The summed E-state index contributed by atoms with van der Waals surface area (Å²) in [5.41, 5.74) is 5.29. The van der Waals surface area contributed by atoms with Gasteiger partial charge in [0.05, 0.1) is 5.75 Å². The number of nitrogens with zero attached hydrogens (tertiary/aromatic N) is 2. The minimum absolute atomic E-state index is 0.0813. The summed E-state index contributed by atoms with van der Waals surface area (Å²) in [4.78, 5) is 17.0. The highest BCUT2D eigenvalue weighted by molar-refractivity contribution is 7.99. The number of para-hydroxylation sites is 1. The number of benzene rings is 3. The molecule has 0 aliphatic rings.